The van der Waals surface area contributed by atoms with Gasteiger partial charge in [-0.1, -0.05) is 76.6 Å². The molecule has 226 valence electrons. The molecule has 1 N–H and O–H groups in total. The van der Waals surface area contributed by atoms with Gasteiger partial charge in [-0.2, -0.15) is 0 Å². The van der Waals surface area contributed by atoms with E-state index >= 15 is 0 Å². The van der Waals surface area contributed by atoms with Gasteiger partial charge in [0.1, 0.15) is 0 Å². The summed E-state index contributed by atoms with van der Waals surface area (Å²) in [5.74, 6) is 1.60. The van der Waals surface area contributed by atoms with Crippen LogP contribution in [-0.2, 0) is 20.9 Å². The Balaban J connectivity index is 1.32. The second-order valence-electron chi connectivity index (χ2n) is 16.4. The van der Waals surface area contributed by atoms with Crippen molar-refractivity contribution in [1.82, 2.24) is 0 Å². The maximum atomic E-state index is 13.2. The Labute approximate surface area is 248 Å². The highest BCUT2D eigenvalue weighted by Crippen LogP contribution is 2.72. The molecule has 5 aliphatic rings. The van der Waals surface area contributed by atoms with Crippen molar-refractivity contribution in [3.8, 4) is 0 Å². The normalized spacial score (nSPS) is 46.7. The van der Waals surface area contributed by atoms with E-state index in [4.69, 9.17) is 9.47 Å². The monoisotopic (exact) mass is 562 g/mol. The summed E-state index contributed by atoms with van der Waals surface area (Å²) < 4.78 is 12.2. The number of aliphatic hydroxyl groups excluding tert-OH is 1. The molecule has 5 aliphatic carbocycles. The van der Waals surface area contributed by atoms with Gasteiger partial charge in [0.05, 0.1) is 31.3 Å². The first-order chi connectivity index (χ1) is 19.3. The molecule has 1 aromatic carbocycles. The molecule has 0 heterocycles. The fourth-order valence-electron chi connectivity index (χ4n) is 11.5. The van der Waals surface area contributed by atoms with Crippen LogP contribution in [0.15, 0.2) is 42.0 Å². The smallest absolute Gasteiger partial charge is 0.314 e. The largest absolute Gasteiger partial charge is 0.469 e. The summed E-state index contributed by atoms with van der Waals surface area (Å²) in [7, 11) is 1.48. The Morgan fingerprint density at radius 2 is 1.54 bits per heavy atom. The van der Waals surface area contributed by atoms with E-state index in [0.717, 1.165) is 32.1 Å². The lowest BCUT2D eigenvalue weighted by Crippen LogP contribution is -2.64. The van der Waals surface area contributed by atoms with Crippen molar-refractivity contribution in [3.05, 3.63) is 47.5 Å². The van der Waals surface area contributed by atoms with Crippen LogP contribution in [0.2, 0.25) is 0 Å². The number of ether oxygens (including phenoxy) is 2. The lowest BCUT2D eigenvalue weighted by Gasteiger charge is -2.68. The highest BCUT2D eigenvalue weighted by Gasteiger charge is 2.67. The number of methoxy groups -OCH3 is 1. The summed E-state index contributed by atoms with van der Waals surface area (Å²) in [5.41, 5.74) is 2.82. The Hall–Kier alpha value is -1.65. The van der Waals surface area contributed by atoms with Crippen LogP contribution in [0, 0.1) is 50.7 Å². The zero-order valence-electron chi connectivity index (χ0n) is 26.7. The minimum atomic E-state index is -0.824. The van der Waals surface area contributed by atoms with Gasteiger partial charge in [0.2, 0.25) is 0 Å². The number of benzene rings is 1. The van der Waals surface area contributed by atoms with Crippen LogP contribution in [-0.4, -0.2) is 30.4 Å². The van der Waals surface area contributed by atoms with Crippen molar-refractivity contribution in [1.29, 1.82) is 0 Å². The van der Waals surface area contributed by atoms with Gasteiger partial charge in [-0.15, -0.1) is 0 Å². The van der Waals surface area contributed by atoms with Gasteiger partial charge in [-0.3, -0.25) is 4.79 Å². The number of aliphatic hydroxyl groups is 1. The van der Waals surface area contributed by atoms with Crippen LogP contribution >= 0.6 is 0 Å². The Morgan fingerprint density at radius 1 is 0.854 bits per heavy atom. The Morgan fingerprint density at radius 3 is 2.24 bits per heavy atom. The molecule has 0 saturated heterocycles. The molecule has 6 rings (SSSR count). The average Bonchev–Trinajstić information content (AvgIpc) is 2.94. The minimum absolute atomic E-state index is 0.0190. The molecule has 4 nitrogen and oxygen atoms in total. The number of hydrogen-bond acceptors (Lipinski definition) is 4. The van der Waals surface area contributed by atoms with E-state index in [0.29, 0.717) is 30.8 Å². The van der Waals surface area contributed by atoms with Gasteiger partial charge >= 0.3 is 5.97 Å². The fourth-order valence-corrected chi connectivity index (χ4v) is 11.5. The number of hydrogen-bond donors (Lipinski definition) is 1. The molecule has 1 aromatic rings. The van der Waals surface area contributed by atoms with Crippen molar-refractivity contribution >= 4 is 5.97 Å². The summed E-state index contributed by atoms with van der Waals surface area (Å²) in [6, 6.07) is 10.7. The standard InChI is InChI=1S/C37H54O4/c1-33(2)21-27-25-13-14-28-34(3,19-16-29-36(28,5)20-17-30(38)37(29,6)32(39)40-7)26(25)15-18-35(27,4)31(22-33)41-23-24-11-9-8-10-12-24/h8-13,26-31,38H,14-23H2,1-7H3/t26?,27-,28?,29?,30-,31+,34-,35+,36+,37+/m0/s1. The van der Waals surface area contributed by atoms with E-state index in [2.05, 4.69) is 71.0 Å². The van der Waals surface area contributed by atoms with Crippen LogP contribution < -0.4 is 0 Å². The first kappa shape index (κ1) is 29.4. The Bertz CT molecular complexity index is 1190. The summed E-state index contributed by atoms with van der Waals surface area (Å²) in [6.07, 6.45) is 12.0. The number of allylic oxidation sites excluding steroid dienone is 2. The van der Waals surface area contributed by atoms with E-state index < -0.39 is 11.5 Å². The summed E-state index contributed by atoms with van der Waals surface area (Å²) in [6.45, 7) is 15.2. The van der Waals surface area contributed by atoms with Crippen molar-refractivity contribution in [3.63, 3.8) is 0 Å². The molecule has 0 aliphatic heterocycles. The quantitative estimate of drug-likeness (QED) is 0.297. The molecule has 41 heavy (non-hydrogen) atoms. The SMILES string of the molecule is COC(=O)[C@]1(C)C2CC[C@@]3(C)C4CC[C@@]5(C)[C@H](OCc6ccccc6)CC(C)(C)C[C@H]5C4=CCC3[C@@]2(C)CC[C@@H]1O. The zero-order valence-corrected chi connectivity index (χ0v) is 26.7. The lowest BCUT2D eigenvalue weighted by molar-refractivity contribution is -0.211. The molecular weight excluding hydrogens is 508 g/mol. The number of rotatable bonds is 4. The van der Waals surface area contributed by atoms with Gasteiger partial charge in [0.25, 0.3) is 0 Å². The number of carbonyl (C=O) groups excluding carboxylic acids is 1. The summed E-state index contributed by atoms with van der Waals surface area (Å²) >= 11 is 0. The third kappa shape index (κ3) is 4.32. The van der Waals surface area contributed by atoms with Crippen LogP contribution in [0.3, 0.4) is 0 Å². The van der Waals surface area contributed by atoms with E-state index in [1.54, 1.807) is 5.57 Å². The first-order valence-corrected chi connectivity index (χ1v) is 16.4. The van der Waals surface area contributed by atoms with Gasteiger partial charge in [-0.25, -0.2) is 0 Å². The van der Waals surface area contributed by atoms with Gasteiger partial charge in [-0.05, 0) is 110 Å². The summed E-state index contributed by atoms with van der Waals surface area (Å²) in [5, 5.41) is 11.2. The average molecular weight is 563 g/mol. The van der Waals surface area contributed by atoms with E-state index in [1.807, 2.05) is 6.92 Å². The van der Waals surface area contributed by atoms with E-state index in [1.165, 1.54) is 31.9 Å². The third-order valence-corrected chi connectivity index (χ3v) is 13.8. The topological polar surface area (TPSA) is 55.8 Å². The van der Waals surface area contributed by atoms with Crippen molar-refractivity contribution in [2.45, 2.75) is 118 Å². The van der Waals surface area contributed by atoms with Crippen molar-refractivity contribution in [2.24, 2.45) is 50.7 Å². The van der Waals surface area contributed by atoms with E-state index in [9.17, 15) is 9.90 Å². The van der Waals surface area contributed by atoms with Crippen LogP contribution in [0.5, 0.6) is 0 Å². The van der Waals surface area contributed by atoms with Crippen LogP contribution in [0.25, 0.3) is 0 Å². The second-order valence-corrected chi connectivity index (χ2v) is 16.4. The molecule has 4 heteroatoms. The maximum absolute atomic E-state index is 13.2. The van der Waals surface area contributed by atoms with Crippen LogP contribution in [0.4, 0.5) is 0 Å². The highest BCUT2D eigenvalue weighted by molar-refractivity contribution is 5.78. The van der Waals surface area contributed by atoms with Gasteiger partial charge in [0, 0.05) is 5.41 Å². The molecule has 4 saturated carbocycles. The first-order valence-electron chi connectivity index (χ1n) is 16.4. The summed E-state index contributed by atoms with van der Waals surface area (Å²) in [4.78, 5) is 13.2. The molecular formula is C37H54O4. The lowest BCUT2D eigenvalue weighted by atomic mass is 9.37. The number of carbonyl (C=O) groups is 1. The molecule has 0 amide bonds. The third-order valence-electron chi connectivity index (χ3n) is 13.8. The molecule has 10 atom stereocenters. The molecule has 4 fully saturated rings. The predicted molar refractivity (Wildman–Crippen MR) is 163 cm³/mol. The van der Waals surface area contributed by atoms with Gasteiger partial charge < -0.3 is 14.6 Å². The molecule has 0 aromatic heterocycles. The number of esters is 1. The fraction of sp³-hybridized carbons (Fsp3) is 0.757. The maximum Gasteiger partial charge on any atom is 0.314 e. The second kappa shape index (κ2) is 9.94. The highest BCUT2D eigenvalue weighted by atomic mass is 16.5. The molecule has 3 unspecified atom stereocenters. The molecule has 0 radical (unpaired) electrons. The Kier molecular flexibility index (Phi) is 7.14. The van der Waals surface area contributed by atoms with Crippen molar-refractivity contribution < 1.29 is 19.4 Å². The minimum Gasteiger partial charge on any atom is -0.469 e. The van der Waals surface area contributed by atoms with E-state index in [-0.39, 0.29) is 39.7 Å². The predicted octanol–water partition coefficient (Wildman–Crippen LogP) is 8.13. The molecule has 0 bridgehead atoms. The van der Waals surface area contributed by atoms with Gasteiger partial charge in [0.15, 0.2) is 0 Å². The number of fused-ring (bicyclic) bond motifs is 7. The van der Waals surface area contributed by atoms with Crippen LogP contribution in [0.1, 0.15) is 105 Å². The zero-order chi connectivity index (χ0) is 29.4. The van der Waals surface area contributed by atoms with Crippen molar-refractivity contribution in [2.75, 3.05) is 7.11 Å². The molecule has 0 spiro atoms.